The maximum Gasteiger partial charge on any atom is 0.255 e. The third-order valence-electron chi connectivity index (χ3n) is 2.48. The van der Waals surface area contributed by atoms with E-state index >= 15 is 0 Å². The van der Waals surface area contributed by atoms with Gasteiger partial charge in [-0.3, -0.25) is 4.79 Å². The number of nitrogens with one attached hydrogen (secondary N) is 2. The van der Waals surface area contributed by atoms with Crippen LogP contribution in [0, 0.1) is 0 Å². The number of carbonyl (C=O) groups excluding carboxylic acids is 1. The van der Waals surface area contributed by atoms with Gasteiger partial charge in [-0.2, -0.15) is 0 Å². The lowest BCUT2D eigenvalue weighted by Gasteiger charge is -2.09. The van der Waals surface area contributed by atoms with E-state index in [1.807, 2.05) is 0 Å². The quantitative estimate of drug-likeness (QED) is 0.527. The molecule has 0 saturated heterocycles. The fourth-order valence-corrected chi connectivity index (χ4v) is 1.50. The number of carbonyl (C=O) groups is 1. The number of aromatic hydroxyl groups is 1. The lowest BCUT2D eigenvalue weighted by atomic mass is 10.2. The first-order chi connectivity index (χ1) is 9.04. The number of phenols is 1. The van der Waals surface area contributed by atoms with Crippen LogP contribution in [-0.2, 0) is 0 Å². The number of benzene rings is 1. The minimum atomic E-state index is -0.415. The Morgan fingerprint density at radius 3 is 2.74 bits per heavy atom. The molecule has 0 bridgehead atoms. The van der Waals surface area contributed by atoms with Crippen LogP contribution in [0.25, 0.3) is 0 Å². The number of ether oxygens (including phenoxy) is 1. The Bertz CT molecular complexity index is 421. The summed E-state index contributed by atoms with van der Waals surface area (Å²) in [5.41, 5.74) is 0.205. The van der Waals surface area contributed by atoms with E-state index in [0.29, 0.717) is 25.4 Å². The van der Waals surface area contributed by atoms with Crippen molar-refractivity contribution in [2.75, 3.05) is 26.7 Å². The molecule has 1 aromatic rings. The summed E-state index contributed by atoms with van der Waals surface area (Å²) < 4.78 is 4.94. The minimum Gasteiger partial charge on any atom is -0.507 e. The molecule has 0 aliphatic heterocycles. The van der Waals surface area contributed by atoms with Gasteiger partial charge in [0.2, 0.25) is 0 Å². The predicted molar refractivity (Wildman–Crippen MR) is 71.5 cm³/mol. The van der Waals surface area contributed by atoms with Crippen molar-refractivity contribution in [1.82, 2.24) is 10.6 Å². The van der Waals surface area contributed by atoms with Crippen LogP contribution in [0.5, 0.6) is 11.5 Å². The van der Waals surface area contributed by atoms with Crippen molar-refractivity contribution in [3.05, 3.63) is 23.8 Å². The van der Waals surface area contributed by atoms with E-state index in [9.17, 15) is 9.90 Å². The largest absolute Gasteiger partial charge is 0.507 e. The zero-order valence-electron chi connectivity index (χ0n) is 11.1. The van der Waals surface area contributed by atoms with Crippen molar-refractivity contribution >= 4 is 5.91 Å². The first-order valence-corrected chi connectivity index (χ1v) is 6.08. The van der Waals surface area contributed by atoms with Gasteiger partial charge in [0.25, 0.3) is 5.91 Å². The van der Waals surface area contributed by atoms with Crippen LogP contribution in [0.1, 0.15) is 17.3 Å². The number of hydrogen-bond donors (Lipinski definition) is 4. The first kappa shape index (κ1) is 15.3. The van der Waals surface area contributed by atoms with Gasteiger partial charge in [-0.15, -0.1) is 0 Å². The van der Waals surface area contributed by atoms with Crippen molar-refractivity contribution in [2.24, 2.45) is 0 Å². The topological polar surface area (TPSA) is 90.8 Å². The van der Waals surface area contributed by atoms with E-state index in [0.717, 1.165) is 0 Å². The highest BCUT2D eigenvalue weighted by Crippen LogP contribution is 2.22. The molecular formula is C13H20N2O4. The van der Waals surface area contributed by atoms with Gasteiger partial charge in [0.1, 0.15) is 11.5 Å². The number of amides is 1. The van der Waals surface area contributed by atoms with Gasteiger partial charge in [-0.1, -0.05) is 0 Å². The standard InChI is InChI=1S/C13H20N2O4/c1-9(16)8-14-5-6-15-13(18)11-4-3-10(19-2)7-12(11)17/h3-4,7,9,14,16-17H,5-6,8H2,1-2H3,(H,15,18). The second-order valence-electron chi connectivity index (χ2n) is 4.19. The molecule has 0 heterocycles. The monoisotopic (exact) mass is 268 g/mol. The number of rotatable bonds is 7. The molecule has 0 saturated carbocycles. The fourth-order valence-electron chi connectivity index (χ4n) is 1.50. The van der Waals surface area contributed by atoms with Crippen LogP contribution in [0.3, 0.4) is 0 Å². The second-order valence-corrected chi connectivity index (χ2v) is 4.19. The average Bonchev–Trinajstić information content (AvgIpc) is 2.37. The first-order valence-electron chi connectivity index (χ1n) is 6.08. The zero-order valence-corrected chi connectivity index (χ0v) is 11.1. The Labute approximate surface area is 112 Å². The van der Waals surface area contributed by atoms with Crippen molar-refractivity contribution in [3.63, 3.8) is 0 Å². The molecular weight excluding hydrogens is 248 g/mol. The average molecular weight is 268 g/mol. The highest BCUT2D eigenvalue weighted by atomic mass is 16.5. The molecule has 1 amide bonds. The van der Waals surface area contributed by atoms with Gasteiger partial charge in [0, 0.05) is 25.7 Å². The Morgan fingerprint density at radius 2 is 2.16 bits per heavy atom. The van der Waals surface area contributed by atoms with E-state index in [-0.39, 0.29) is 17.2 Å². The maximum absolute atomic E-state index is 11.8. The highest BCUT2D eigenvalue weighted by molar-refractivity contribution is 5.96. The van der Waals surface area contributed by atoms with Gasteiger partial charge in [0.05, 0.1) is 18.8 Å². The Morgan fingerprint density at radius 1 is 1.42 bits per heavy atom. The molecule has 0 aliphatic carbocycles. The summed E-state index contributed by atoms with van der Waals surface area (Å²) >= 11 is 0. The predicted octanol–water partition coefficient (Wildman–Crippen LogP) is 0.101. The lowest BCUT2D eigenvalue weighted by Crippen LogP contribution is -2.34. The van der Waals surface area contributed by atoms with Crippen LogP contribution in [-0.4, -0.2) is 49.0 Å². The van der Waals surface area contributed by atoms with E-state index in [4.69, 9.17) is 9.84 Å². The molecule has 6 nitrogen and oxygen atoms in total. The van der Waals surface area contributed by atoms with Gasteiger partial charge in [0.15, 0.2) is 0 Å². The van der Waals surface area contributed by atoms with Crippen molar-refractivity contribution < 1.29 is 19.7 Å². The molecule has 0 aromatic heterocycles. The molecule has 1 atom stereocenters. The van der Waals surface area contributed by atoms with Crippen LogP contribution >= 0.6 is 0 Å². The highest BCUT2D eigenvalue weighted by Gasteiger charge is 2.11. The molecule has 1 rings (SSSR count). The molecule has 0 aliphatic rings. The second kappa shape index (κ2) is 7.60. The number of phenolic OH excluding ortho intramolecular Hbond substituents is 1. The van der Waals surface area contributed by atoms with Crippen LogP contribution < -0.4 is 15.4 Å². The van der Waals surface area contributed by atoms with E-state index in [1.165, 1.54) is 19.2 Å². The van der Waals surface area contributed by atoms with Crippen LogP contribution in [0.15, 0.2) is 18.2 Å². The summed E-state index contributed by atoms with van der Waals surface area (Å²) in [6.07, 6.45) is -0.415. The molecule has 4 N–H and O–H groups in total. The van der Waals surface area contributed by atoms with Crippen molar-refractivity contribution in [2.45, 2.75) is 13.0 Å². The SMILES string of the molecule is COc1ccc(C(=O)NCCNCC(C)O)c(O)c1. The number of methoxy groups -OCH3 is 1. The molecule has 0 spiro atoms. The summed E-state index contributed by atoms with van der Waals surface area (Å²) in [4.78, 5) is 11.8. The molecule has 0 fully saturated rings. The Balaban J connectivity index is 2.41. The van der Waals surface area contributed by atoms with Crippen molar-refractivity contribution in [3.8, 4) is 11.5 Å². The summed E-state index contributed by atoms with van der Waals surface area (Å²) in [6.45, 7) is 3.12. The van der Waals surface area contributed by atoms with Gasteiger partial charge in [-0.05, 0) is 19.1 Å². The zero-order chi connectivity index (χ0) is 14.3. The molecule has 1 aromatic carbocycles. The third-order valence-corrected chi connectivity index (χ3v) is 2.48. The molecule has 1 unspecified atom stereocenters. The summed E-state index contributed by atoms with van der Waals surface area (Å²) in [7, 11) is 1.49. The summed E-state index contributed by atoms with van der Waals surface area (Å²) in [5.74, 6) is 0.0282. The molecule has 106 valence electrons. The molecule has 0 radical (unpaired) electrons. The van der Waals surface area contributed by atoms with E-state index < -0.39 is 6.10 Å². The Kier molecular flexibility index (Phi) is 6.11. The maximum atomic E-state index is 11.8. The van der Waals surface area contributed by atoms with Crippen LogP contribution in [0.4, 0.5) is 0 Å². The number of hydrogen-bond acceptors (Lipinski definition) is 5. The van der Waals surface area contributed by atoms with E-state index in [1.54, 1.807) is 13.0 Å². The number of aliphatic hydroxyl groups excluding tert-OH is 1. The van der Waals surface area contributed by atoms with Gasteiger partial charge < -0.3 is 25.6 Å². The smallest absolute Gasteiger partial charge is 0.255 e. The summed E-state index contributed by atoms with van der Waals surface area (Å²) in [6, 6.07) is 4.51. The molecule has 6 heteroatoms. The van der Waals surface area contributed by atoms with Gasteiger partial charge >= 0.3 is 0 Å². The normalized spacial score (nSPS) is 11.9. The van der Waals surface area contributed by atoms with Crippen LogP contribution in [0.2, 0.25) is 0 Å². The fraction of sp³-hybridized carbons (Fsp3) is 0.462. The minimum absolute atomic E-state index is 0.117. The summed E-state index contributed by atoms with van der Waals surface area (Å²) in [5, 5.41) is 24.4. The van der Waals surface area contributed by atoms with E-state index in [2.05, 4.69) is 10.6 Å². The van der Waals surface area contributed by atoms with Crippen molar-refractivity contribution in [1.29, 1.82) is 0 Å². The lowest BCUT2D eigenvalue weighted by molar-refractivity contribution is 0.0951. The number of aliphatic hydroxyl groups is 1. The molecule has 19 heavy (non-hydrogen) atoms. The third kappa shape index (κ3) is 5.15. The van der Waals surface area contributed by atoms with Gasteiger partial charge in [-0.25, -0.2) is 0 Å². The Hall–Kier alpha value is -1.79.